The Bertz CT molecular complexity index is 556. The van der Waals surface area contributed by atoms with Crippen molar-refractivity contribution < 1.29 is 9.90 Å². The van der Waals surface area contributed by atoms with E-state index in [0.717, 1.165) is 43.9 Å². The Labute approximate surface area is 142 Å². The minimum absolute atomic E-state index is 0.0962. The minimum atomic E-state index is -0.242. The SMILES string of the molecule is CC(O)C1CCN(C(C)C(=O)N2CCSc3ccccc32)CC1. The maximum absolute atomic E-state index is 13.0. The van der Waals surface area contributed by atoms with E-state index in [9.17, 15) is 9.90 Å². The van der Waals surface area contributed by atoms with Gasteiger partial charge >= 0.3 is 0 Å². The average Bonchev–Trinajstić information content (AvgIpc) is 2.60. The number of likely N-dealkylation sites (tertiary alicyclic amines) is 1. The first-order valence-electron chi connectivity index (χ1n) is 8.53. The molecule has 0 spiro atoms. The zero-order chi connectivity index (χ0) is 16.4. The van der Waals surface area contributed by atoms with Crippen molar-refractivity contribution in [3.63, 3.8) is 0 Å². The number of aliphatic hydroxyl groups excluding tert-OH is 1. The van der Waals surface area contributed by atoms with Crippen LogP contribution in [0.4, 0.5) is 5.69 Å². The number of rotatable bonds is 3. The third-order valence-electron chi connectivity index (χ3n) is 5.16. The molecule has 23 heavy (non-hydrogen) atoms. The summed E-state index contributed by atoms with van der Waals surface area (Å²) in [5.41, 5.74) is 1.06. The fourth-order valence-corrected chi connectivity index (χ4v) is 4.56. The summed E-state index contributed by atoms with van der Waals surface area (Å²) >= 11 is 1.83. The second-order valence-corrected chi connectivity index (χ2v) is 7.73. The predicted octanol–water partition coefficient (Wildman–Crippen LogP) is 2.61. The summed E-state index contributed by atoms with van der Waals surface area (Å²) in [6.45, 7) is 6.47. The molecule has 0 aromatic heterocycles. The molecular weight excluding hydrogens is 308 g/mol. The van der Waals surface area contributed by atoms with E-state index < -0.39 is 0 Å². The first-order chi connectivity index (χ1) is 11.1. The van der Waals surface area contributed by atoms with Crippen molar-refractivity contribution in [1.29, 1.82) is 0 Å². The molecule has 2 aliphatic rings. The Kier molecular flexibility index (Phi) is 5.29. The Balaban J connectivity index is 1.67. The molecule has 1 fully saturated rings. The number of hydrogen-bond donors (Lipinski definition) is 1. The Hall–Kier alpha value is -1.04. The monoisotopic (exact) mass is 334 g/mol. The van der Waals surface area contributed by atoms with Crippen LogP contribution < -0.4 is 4.90 Å². The van der Waals surface area contributed by atoms with Gasteiger partial charge in [0.15, 0.2) is 0 Å². The first-order valence-corrected chi connectivity index (χ1v) is 9.52. The third-order valence-corrected chi connectivity index (χ3v) is 6.20. The molecular formula is C18H26N2O2S. The number of aliphatic hydroxyl groups is 1. The van der Waals surface area contributed by atoms with E-state index in [-0.39, 0.29) is 18.1 Å². The van der Waals surface area contributed by atoms with Gasteiger partial charge < -0.3 is 10.0 Å². The lowest BCUT2D eigenvalue weighted by Gasteiger charge is -2.39. The molecule has 4 nitrogen and oxygen atoms in total. The topological polar surface area (TPSA) is 43.8 Å². The summed E-state index contributed by atoms with van der Waals surface area (Å²) in [5, 5.41) is 9.73. The van der Waals surface area contributed by atoms with Crippen molar-refractivity contribution in [3.05, 3.63) is 24.3 Å². The van der Waals surface area contributed by atoms with Crippen LogP contribution in [0.25, 0.3) is 0 Å². The van der Waals surface area contributed by atoms with Gasteiger partial charge in [-0.2, -0.15) is 0 Å². The predicted molar refractivity (Wildman–Crippen MR) is 95.0 cm³/mol. The first kappa shape index (κ1) is 16.8. The molecule has 1 amide bonds. The zero-order valence-corrected chi connectivity index (χ0v) is 14.8. The molecule has 3 rings (SSSR count). The molecule has 0 bridgehead atoms. The molecule has 1 saturated heterocycles. The molecule has 2 aliphatic heterocycles. The van der Waals surface area contributed by atoms with E-state index in [0.29, 0.717) is 5.92 Å². The molecule has 0 radical (unpaired) electrons. The summed E-state index contributed by atoms with van der Waals surface area (Å²) in [5.74, 6) is 1.54. The summed E-state index contributed by atoms with van der Waals surface area (Å²) in [4.78, 5) is 18.4. The molecule has 1 aromatic carbocycles. The highest BCUT2D eigenvalue weighted by molar-refractivity contribution is 7.99. The van der Waals surface area contributed by atoms with Crippen molar-refractivity contribution in [2.75, 3.05) is 30.3 Å². The molecule has 5 heteroatoms. The number of carbonyl (C=O) groups is 1. The molecule has 0 aliphatic carbocycles. The Morgan fingerprint density at radius 3 is 2.61 bits per heavy atom. The van der Waals surface area contributed by atoms with Gasteiger partial charge in [0.05, 0.1) is 17.8 Å². The van der Waals surface area contributed by atoms with Crippen LogP contribution in [0, 0.1) is 5.92 Å². The fourth-order valence-electron chi connectivity index (χ4n) is 3.57. The highest BCUT2D eigenvalue weighted by atomic mass is 32.2. The molecule has 126 valence electrons. The molecule has 1 N–H and O–H groups in total. The number of para-hydroxylation sites is 1. The number of thioether (sulfide) groups is 1. The smallest absolute Gasteiger partial charge is 0.244 e. The average molecular weight is 334 g/mol. The second-order valence-electron chi connectivity index (χ2n) is 6.60. The minimum Gasteiger partial charge on any atom is -0.393 e. The van der Waals surface area contributed by atoms with Gasteiger partial charge in [-0.3, -0.25) is 9.69 Å². The van der Waals surface area contributed by atoms with E-state index in [4.69, 9.17) is 0 Å². The molecule has 2 unspecified atom stereocenters. The number of nitrogens with zero attached hydrogens (tertiary/aromatic N) is 2. The van der Waals surface area contributed by atoms with Crippen LogP contribution in [-0.2, 0) is 4.79 Å². The number of anilines is 1. The number of benzene rings is 1. The maximum Gasteiger partial charge on any atom is 0.244 e. The van der Waals surface area contributed by atoms with Gasteiger partial charge in [0.1, 0.15) is 0 Å². The van der Waals surface area contributed by atoms with E-state index in [1.54, 1.807) is 0 Å². The van der Waals surface area contributed by atoms with E-state index >= 15 is 0 Å². The van der Waals surface area contributed by atoms with E-state index in [1.807, 2.05) is 48.7 Å². The number of carbonyl (C=O) groups excluding carboxylic acids is 1. The van der Waals surface area contributed by atoms with Gasteiger partial charge in [-0.15, -0.1) is 11.8 Å². The Morgan fingerprint density at radius 2 is 1.91 bits per heavy atom. The van der Waals surface area contributed by atoms with Gasteiger partial charge in [-0.1, -0.05) is 12.1 Å². The van der Waals surface area contributed by atoms with Crippen LogP contribution in [0.5, 0.6) is 0 Å². The Morgan fingerprint density at radius 1 is 1.22 bits per heavy atom. The molecule has 2 heterocycles. The maximum atomic E-state index is 13.0. The van der Waals surface area contributed by atoms with Crippen molar-refractivity contribution in [3.8, 4) is 0 Å². The zero-order valence-electron chi connectivity index (χ0n) is 13.9. The van der Waals surface area contributed by atoms with Crippen LogP contribution in [0.15, 0.2) is 29.2 Å². The number of hydrogen-bond acceptors (Lipinski definition) is 4. The van der Waals surface area contributed by atoms with Gasteiger partial charge in [-0.05, 0) is 57.8 Å². The normalized spacial score (nSPS) is 22.5. The third kappa shape index (κ3) is 3.57. The van der Waals surface area contributed by atoms with Crippen molar-refractivity contribution in [1.82, 2.24) is 4.90 Å². The van der Waals surface area contributed by atoms with Gasteiger partial charge in [0.2, 0.25) is 5.91 Å². The van der Waals surface area contributed by atoms with Crippen molar-refractivity contribution in [2.45, 2.75) is 43.7 Å². The lowest BCUT2D eigenvalue weighted by molar-refractivity contribution is -0.124. The molecule has 0 saturated carbocycles. The highest BCUT2D eigenvalue weighted by Gasteiger charge is 2.32. The lowest BCUT2D eigenvalue weighted by Crippen LogP contribution is -2.51. The number of amides is 1. The van der Waals surface area contributed by atoms with Crippen molar-refractivity contribution in [2.24, 2.45) is 5.92 Å². The summed E-state index contributed by atoms with van der Waals surface area (Å²) in [7, 11) is 0. The van der Waals surface area contributed by atoms with Crippen LogP contribution in [0.3, 0.4) is 0 Å². The second kappa shape index (κ2) is 7.24. The number of fused-ring (bicyclic) bond motifs is 1. The summed E-state index contributed by atoms with van der Waals surface area (Å²) in [6, 6.07) is 8.08. The fraction of sp³-hybridized carbons (Fsp3) is 0.611. The molecule has 2 atom stereocenters. The van der Waals surface area contributed by atoms with Crippen LogP contribution in [0.2, 0.25) is 0 Å². The number of piperidine rings is 1. The van der Waals surface area contributed by atoms with Crippen molar-refractivity contribution >= 4 is 23.4 Å². The highest BCUT2D eigenvalue weighted by Crippen LogP contribution is 2.35. The summed E-state index contributed by atoms with van der Waals surface area (Å²) in [6.07, 6.45) is 1.71. The van der Waals surface area contributed by atoms with Crippen LogP contribution >= 0.6 is 11.8 Å². The van der Waals surface area contributed by atoms with Crippen LogP contribution in [0.1, 0.15) is 26.7 Å². The lowest BCUT2D eigenvalue weighted by atomic mass is 9.91. The van der Waals surface area contributed by atoms with Gasteiger partial charge in [0.25, 0.3) is 0 Å². The van der Waals surface area contributed by atoms with Gasteiger partial charge in [0, 0.05) is 17.2 Å². The van der Waals surface area contributed by atoms with Gasteiger partial charge in [-0.25, -0.2) is 0 Å². The summed E-state index contributed by atoms with van der Waals surface area (Å²) < 4.78 is 0. The standard InChI is InChI=1S/C18H26N2O2S/c1-13(19-9-7-15(8-10-19)14(2)21)18(22)20-11-12-23-17-6-4-3-5-16(17)20/h3-6,13-15,21H,7-12H2,1-2H3. The quantitative estimate of drug-likeness (QED) is 0.923. The van der Waals surface area contributed by atoms with Crippen LogP contribution in [-0.4, -0.2) is 53.4 Å². The largest absolute Gasteiger partial charge is 0.393 e. The molecule has 1 aromatic rings. The van der Waals surface area contributed by atoms with E-state index in [2.05, 4.69) is 11.0 Å². The van der Waals surface area contributed by atoms with E-state index in [1.165, 1.54) is 4.90 Å².